The van der Waals surface area contributed by atoms with E-state index < -0.39 is 160 Å². The number of nitrogens with one attached hydrogen (secondary N) is 7. The van der Waals surface area contributed by atoms with Crippen LogP contribution in [0.15, 0.2) is 0 Å². The molecule has 0 saturated carbocycles. The van der Waals surface area contributed by atoms with Crippen LogP contribution in [0.3, 0.4) is 0 Å². The molecule has 0 aliphatic carbocycles. The quantitative estimate of drug-likeness (QED) is 0.0262. The van der Waals surface area contributed by atoms with Crippen LogP contribution in [0.2, 0.25) is 0 Å². The van der Waals surface area contributed by atoms with Gasteiger partial charge in [-0.15, -0.1) is 0 Å². The molecule has 0 saturated heterocycles. The fourth-order valence-corrected chi connectivity index (χ4v) is 6.85. The Labute approximate surface area is 406 Å². The summed E-state index contributed by atoms with van der Waals surface area (Å²) in [5, 5.41) is 72.5. The van der Waals surface area contributed by atoms with Crippen molar-refractivity contribution in [2.45, 2.75) is 178 Å². The minimum absolute atomic E-state index is 0.0848. The fourth-order valence-electron chi connectivity index (χ4n) is 6.85. The van der Waals surface area contributed by atoms with E-state index in [0.29, 0.717) is 6.42 Å². The van der Waals surface area contributed by atoms with E-state index >= 15 is 0 Å². The number of rotatable bonds is 44. The molecule has 70 heavy (non-hydrogen) atoms. The molecule has 0 spiro atoms. The minimum atomic E-state index is -2.06. The number of carboxylic acids is 4. The van der Waals surface area contributed by atoms with E-state index in [0.717, 1.165) is 83.5 Å². The second-order valence-corrected chi connectivity index (χ2v) is 17.1. The van der Waals surface area contributed by atoms with Crippen molar-refractivity contribution in [3.63, 3.8) is 0 Å². The average Bonchev–Trinajstić information content (AvgIpc) is 3.30. The first-order valence-electron chi connectivity index (χ1n) is 23.7. The summed E-state index contributed by atoms with van der Waals surface area (Å²) in [4.78, 5) is 144. The van der Waals surface area contributed by atoms with Gasteiger partial charge in [0, 0.05) is 38.6 Å². The predicted molar refractivity (Wildman–Crippen MR) is 248 cm³/mol. The van der Waals surface area contributed by atoms with Crippen LogP contribution in [-0.4, -0.2) is 165 Å². The Morgan fingerprint density at radius 1 is 0.471 bits per heavy atom. The van der Waals surface area contributed by atoms with Crippen molar-refractivity contribution in [2.24, 2.45) is 0 Å². The lowest BCUT2D eigenvalue weighted by Gasteiger charge is -2.28. The Morgan fingerprint density at radius 2 is 0.900 bits per heavy atom. The van der Waals surface area contributed by atoms with Crippen molar-refractivity contribution in [2.75, 3.05) is 32.8 Å². The van der Waals surface area contributed by atoms with Crippen molar-refractivity contribution in [3.05, 3.63) is 0 Å². The maximum absolute atomic E-state index is 12.9. The van der Waals surface area contributed by atoms with Gasteiger partial charge in [0.2, 0.25) is 35.4 Å². The molecule has 13 N–H and O–H groups in total. The summed E-state index contributed by atoms with van der Waals surface area (Å²) in [6.07, 6.45) is 11.4. The second kappa shape index (κ2) is 37.8. The Hall–Kier alpha value is -6.08. The molecule has 0 aliphatic rings. The van der Waals surface area contributed by atoms with E-state index in [-0.39, 0.29) is 25.5 Å². The number of ketones is 1. The molecule has 5 atom stereocenters. The minimum Gasteiger partial charge on any atom is -0.481 e. The van der Waals surface area contributed by atoms with Gasteiger partial charge < -0.3 is 72.7 Å². The van der Waals surface area contributed by atoms with Crippen LogP contribution in [0.25, 0.3) is 0 Å². The number of aldehydes is 1. The van der Waals surface area contributed by atoms with Crippen molar-refractivity contribution in [1.82, 2.24) is 37.2 Å². The molecule has 0 fully saturated rings. The van der Waals surface area contributed by atoms with Crippen LogP contribution in [-0.2, 0) is 57.5 Å². The van der Waals surface area contributed by atoms with Gasteiger partial charge in [0.1, 0.15) is 41.8 Å². The number of aliphatic hydroxyl groups excluding tert-OH is 2. The van der Waals surface area contributed by atoms with Crippen LogP contribution in [0.5, 0.6) is 0 Å². The Bertz CT molecular complexity index is 1720. The number of hydrogen-bond acceptors (Lipinski definition) is 15. The molecule has 25 heteroatoms. The van der Waals surface area contributed by atoms with E-state index in [4.69, 9.17) is 10.2 Å². The molecule has 6 amide bonds. The number of amides is 6. The van der Waals surface area contributed by atoms with Crippen LogP contribution < -0.4 is 37.2 Å². The molecule has 0 aromatic carbocycles. The first-order valence-corrected chi connectivity index (χ1v) is 23.7. The Balaban J connectivity index is 4.86. The highest BCUT2D eigenvalue weighted by atomic mass is 16.4. The summed E-state index contributed by atoms with van der Waals surface area (Å²) in [5.41, 5.74) is -2.06. The van der Waals surface area contributed by atoms with Crippen molar-refractivity contribution in [1.29, 1.82) is 0 Å². The molecule has 0 bridgehead atoms. The zero-order chi connectivity index (χ0) is 52.9. The molecular formula is C45H75N7O18. The van der Waals surface area contributed by atoms with Crippen molar-refractivity contribution >= 4 is 71.4 Å². The van der Waals surface area contributed by atoms with Gasteiger partial charge in [-0.25, -0.2) is 9.59 Å². The normalized spacial score (nSPS) is 13.5. The van der Waals surface area contributed by atoms with Gasteiger partial charge in [-0.1, -0.05) is 77.0 Å². The van der Waals surface area contributed by atoms with E-state index in [1.54, 1.807) is 0 Å². The van der Waals surface area contributed by atoms with Gasteiger partial charge in [-0.2, -0.15) is 0 Å². The van der Waals surface area contributed by atoms with Crippen LogP contribution in [0.1, 0.15) is 148 Å². The number of carbonyl (C=O) groups excluding carboxylic acids is 8. The number of carboxylic acid groups (broad SMARTS) is 4. The maximum atomic E-state index is 12.9. The summed E-state index contributed by atoms with van der Waals surface area (Å²) >= 11 is 0. The van der Waals surface area contributed by atoms with Crippen molar-refractivity contribution < 1.29 is 88.2 Å². The molecule has 0 radical (unpaired) electrons. The average molecular weight is 1000 g/mol. The summed E-state index contributed by atoms with van der Waals surface area (Å²) in [6.45, 7) is -2.41. The Kier molecular flexibility index (Phi) is 34.5. The van der Waals surface area contributed by atoms with Gasteiger partial charge in [0.15, 0.2) is 0 Å². The third-order valence-corrected chi connectivity index (χ3v) is 10.9. The van der Waals surface area contributed by atoms with Gasteiger partial charge in [-0.3, -0.25) is 43.2 Å². The smallest absolute Gasteiger partial charge is 0.326 e. The van der Waals surface area contributed by atoms with Crippen LogP contribution >= 0.6 is 0 Å². The lowest BCUT2D eigenvalue weighted by molar-refractivity contribution is -0.143. The van der Waals surface area contributed by atoms with Crippen LogP contribution in [0, 0.1) is 0 Å². The largest absolute Gasteiger partial charge is 0.481 e. The molecule has 25 nitrogen and oxygen atoms in total. The van der Waals surface area contributed by atoms with Crippen molar-refractivity contribution in [3.8, 4) is 0 Å². The zero-order valence-electron chi connectivity index (χ0n) is 40.1. The standard InChI is InChI=1S/C45H75N7O18/c1-30(56)24-47-41(65)34(26-53)51-42(66)31(20-23-40(63)64)48-38(60)25-46-27-45(28-54,29-55)52-37(59)22-19-33(44(69)70)50-36(58)21-18-32(43(67)68)49-35(57)16-14-12-10-8-6-4-2-3-5-7-9-11-13-15-17-39(61)62/h28,31-34,46,53,55H,2-27,29H2,1H3,(H,47,65)(H,48,60)(H,49,57)(H,50,58)(H,51,66)(H,52,59)(H,61,62)(H,63,64)(H,67,68)(H,69,70). The van der Waals surface area contributed by atoms with Crippen LogP contribution in [0.4, 0.5) is 0 Å². The van der Waals surface area contributed by atoms with Gasteiger partial charge in [0.25, 0.3) is 0 Å². The highest BCUT2D eigenvalue weighted by molar-refractivity contribution is 5.94. The number of aliphatic hydroxyl groups is 2. The number of hydrogen-bond donors (Lipinski definition) is 13. The molecule has 0 rings (SSSR count). The van der Waals surface area contributed by atoms with E-state index in [1.807, 2.05) is 0 Å². The number of carbonyl (C=O) groups is 12. The molecule has 0 aliphatic heterocycles. The van der Waals surface area contributed by atoms with E-state index in [9.17, 15) is 78.0 Å². The zero-order valence-corrected chi connectivity index (χ0v) is 40.1. The predicted octanol–water partition coefficient (Wildman–Crippen LogP) is -0.820. The summed E-state index contributed by atoms with van der Waals surface area (Å²) in [7, 11) is 0. The lowest BCUT2D eigenvalue weighted by atomic mass is 10.0. The number of unbranched alkanes of at least 4 members (excludes halogenated alkanes) is 13. The van der Waals surface area contributed by atoms with E-state index in [1.165, 1.54) is 6.92 Å². The first kappa shape index (κ1) is 63.9. The van der Waals surface area contributed by atoms with Gasteiger partial charge in [0.05, 0.1) is 26.3 Å². The third kappa shape index (κ3) is 31.9. The highest BCUT2D eigenvalue weighted by Gasteiger charge is 2.33. The van der Waals surface area contributed by atoms with E-state index in [2.05, 4.69) is 37.2 Å². The topological polar surface area (TPSA) is 410 Å². The molecule has 0 heterocycles. The third-order valence-electron chi connectivity index (χ3n) is 10.9. The summed E-state index contributed by atoms with van der Waals surface area (Å²) in [6, 6.07) is -6.18. The Morgan fingerprint density at radius 3 is 1.33 bits per heavy atom. The first-order chi connectivity index (χ1) is 33.2. The monoisotopic (exact) mass is 1000 g/mol. The summed E-state index contributed by atoms with van der Waals surface area (Å²) in [5.74, 6) is -10.7. The fraction of sp³-hybridized carbons (Fsp3) is 0.733. The second-order valence-electron chi connectivity index (χ2n) is 17.1. The lowest BCUT2D eigenvalue weighted by Crippen LogP contribution is -2.60. The van der Waals surface area contributed by atoms with Gasteiger partial charge >= 0.3 is 23.9 Å². The number of aliphatic carboxylic acids is 4. The molecular weight excluding hydrogens is 927 g/mol. The molecule has 5 unspecified atom stereocenters. The number of Topliss-reactive ketones (excluding diaryl/α,β-unsaturated/α-hetero) is 1. The highest BCUT2D eigenvalue weighted by Crippen LogP contribution is 2.14. The SMILES string of the molecule is CC(=O)CNC(=O)C(CO)NC(=O)C(CCC(=O)O)NC(=O)CNCC(C=O)(CO)NC(=O)CCC(NC(=O)CCC(NC(=O)CCCCCCCCCCCCCCCCC(=O)O)C(=O)O)C(=O)O. The summed E-state index contributed by atoms with van der Waals surface area (Å²) < 4.78 is 0. The van der Waals surface area contributed by atoms with Gasteiger partial charge in [-0.05, 0) is 39.0 Å². The molecule has 0 aromatic heterocycles. The molecule has 0 aromatic rings. The maximum Gasteiger partial charge on any atom is 0.326 e. The molecule has 398 valence electrons.